The maximum absolute atomic E-state index is 13.2. The molecule has 0 saturated heterocycles. The van der Waals surface area contributed by atoms with Crippen LogP contribution in [0, 0.1) is 0 Å². The van der Waals surface area contributed by atoms with Gasteiger partial charge < -0.3 is 9.84 Å². The van der Waals surface area contributed by atoms with Gasteiger partial charge >= 0.3 is 0 Å². The van der Waals surface area contributed by atoms with E-state index >= 15 is 0 Å². The smallest absolute Gasteiger partial charge is 0.272 e. The van der Waals surface area contributed by atoms with Crippen LogP contribution >= 0.6 is 23.2 Å². The number of carbonyl (C=O) groups excluding carboxylic acids is 1. The molecule has 0 aliphatic rings. The summed E-state index contributed by atoms with van der Waals surface area (Å²) in [6.45, 7) is 5.56. The van der Waals surface area contributed by atoms with E-state index in [1.807, 2.05) is 62.4 Å². The van der Waals surface area contributed by atoms with Crippen LogP contribution in [0.1, 0.15) is 36.7 Å². The number of halogens is 2. The van der Waals surface area contributed by atoms with Gasteiger partial charge in [0.1, 0.15) is 11.5 Å². The second kappa shape index (κ2) is 10.3. The maximum atomic E-state index is 13.2. The van der Waals surface area contributed by atoms with Crippen LogP contribution in [0.15, 0.2) is 71.8 Å². The Balaban J connectivity index is 1.71. The number of hydrogen-bond acceptors (Lipinski definition) is 5. The average molecular weight is 508 g/mol. The molecular formula is C27H23Cl2N3O3. The van der Waals surface area contributed by atoms with Crippen molar-refractivity contribution in [3.05, 3.63) is 87.9 Å². The van der Waals surface area contributed by atoms with Crippen molar-refractivity contribution in [2.45, 2.75) is 26.9 Å². The van der Waals surface area contributed by atoms with Gasteiger partial charge in [-0.1, -0.05) is 53.5 Å². The van der Waals surface area contributed by atoms with Crippen molar-refractivity contribution < 1.29 is 14.6 Å². The number of para-hydroxylation sites is 1. The summed E-state index contributed by atoms with van der Waals surface area (Å²) < 4.78 is 5.81. The fourth-order valence-electron chi connectivity index (χ4n) is 3.61. The molecule has 35 heavy (non-hydrogen) atoms. The summed E-state index contributed by atoms with van der Waals surface area (Å²) in [5, 5.41) is 15.6. The number of pyridine rings is 1. The number of aromatic hydroxyl groups is 1. The molecule has 0 bridgehead atoms. The SMILES string of the molecule is C/C(=N\NC(=O)c1cc(-c2cccc(OC(C)C)c2)nc2ccccc12)c1cc(Cl)cc(Cl)c1O. The van der Waals surface area contributed by atoms with E-state index in [4.69, 9.17) is 32.9 Å². The lowest BCUT2D eigenvalue weighted by molar-refractivity contribution is 0.0956. The number of benzene rings is 3. The molecule has 0 saturated carbocycles. The molecule has 0 aliphatic carbocycles. The number of aromatic nitrogens is 1. The summed E-state index contributed by atoms with van der Waals surface area (Å²) >= 11 is 12.1. The van der Waals surface area contributed by atoms with Crippen LogP contribution in [0.4, 0.5) is 0 Å². The summed E-state index contributed by atoms with van der Waals surface area (Å²) in [5.41, 5.74) is 5.77. The maximum Gasteiger partial charge on any atom is 0.272 e. The standard InChI is InChI=1S/C27H23Cl2N3O3/c1-15(2)35-19-8-6-7-17(11-19)25-14-22(20-9-4-5-10-24(20)30-25)27(34)32-31-16(3)21-12-18(28)13-23(29)26(21)33/h4-15,33H,1-3H3,(H,32,34)/b31-16+. The number of phenols is 1. The lowest BCUT2D eigenvalue weighted by Crippen LogP contribution is -2.20. The molecule has 1 aromatic heterocycles. The minimum atomic E-state index is -0.425. The summed E-state index contributed by atoms with van der Waals surface area (Å²) in [6.07, 6.45) is 0.0334. The Morgan fingerprint density at radius 2 is 1.80 bits per heavy atom. The van der Waals surface area contributed by atoms with Gasteiger partial charge in [0.05, 0.1) is 33.6 Å². The molecular weight excluding hydrogens is 485 g/mol. The third-order valence-corrected chi connectivity index (χ3v) is 5.71. The first kappa shape index (κ1) is 24.5. The highest BCUT2D eigenvalue weighted by molar-refractivity contribution is 6.36. The molecule has 0 spiro atoms. The van der Waals surface area contributed by atoms with Gasteiger partial charge in [-0.25, -0.2) is 10.4 Å². The molecule has 0 radical (unpaired) electrons. The second-order valence-electron chi connectivity index (χ2n) is 8.19. The van der Waals surface area contributed by atoms with Crippen LogP contribution in [0.25, 0.3) is 22.2 Å². The van der Waals surface area contributed by atoms with Gasteiger partial charge in [0, 0.05) is 21.5 Å². The largest absolute Gasteiger partial charge is 0.506 e. The minimum absolute atomic E-state index is 0.0334. The fourth-order valence-corrected chi connectivity index (χ4v) is 4.10. The van der Waals surface area contributed by atoms with Crippen molar-refractivity contribution in [2.75, 3.05) is 0 Å². The Labute approximate surface area is 213 Å². The van der Waals surface area contributed by atoms with Crippen LogP contribution in [-0.4, -0.2) is 27.8 Å². The summed E-state index contributed by atoms with van der Waals surface area (Å²) in [7, 11) is 0. The van der Waals surface area contributed by atoms with Gasteiger partial charge in [0.25, 0.3) is 5.91 Å². The zero-order chi connectivity index (χ0) is 25.1. The average Bonchev–Trinajstić information content (AvgIpc) is 2.83. The van der Waals surface area contributed by atoms with Crippen molar-refractivity contribution in [3.8, 4) is 22.8 Å². The van der Waals surface area contributed by atoms with E-state index in [2.05, 4.69) is 10.5 Å². The monoisotopic (exact) mass is 507 g/mol. The van der Waals surface area contributed by atoms with Crippen LogP contribution in [0.2, 0.25) is 10.0 Å². The van der Waals surface area contributed by atoms with E-state index in [1.165, 1.54) is 12.1 Å². The number of phenolic OH excluding ortho intramolecular Hbond substituents is 1. The molecule has 1 heterocycles. The molecule has 2 N–H and O–H groups in total. The van der Waals surface area contributed by atoms with Crippen molar-refractivity contribution in [3.63, 3.8) is 0 Å². The molecule has 178 valence electrons. The van der Waals surface area contributed by atoms with E-state index in [-0.39, 0.29) is 16.9 Å². The third kappa shape index (κ3) is 5.56. The molecule has 3 aromatic carbocycles. The van der Waals surface area contributed by atoms with E-state index in [1.54, 1.807) is 13.0 Å². The van der Waals surface area contributed by atoms with E-state index in [0.29, 0.717) is 38.5 Å². The number of fused-ring (bicyclic) bond motifs is 1. The van der Waals surface area contributed by atoms with Crippen molar-refractivity contribution in [1.29, 1.82) is 0 Å². The molecule has 6 nitrogen and oxygen atoms in total. The number of amides is 1. The normalized spacial score (nSPS) is 11.7. The van der Waals surface area contributed by atoms with Crippen LogP contribution < -0.4 is 10.2 Å². The molecule has 4 rings (SSSR count). The van der Waals surface area contributed by atoms with E-state index in [0.717, 1.165) is 11.3 Å². The predicted molar refractivity (Wildman–Crippen MR) is 141 cm³/mol. The highest BCUT2D eigenvalue weighted by Crippen LogP contribution is 2.32. The van der Waals surface area contributed by atoms with Crippen molar-refractivity contribution in [1.82, 2.24) is 10.4 Å². The number of ether oxygens (including phenoxy) is 1. The third-order valence-electron chi connectivity index (χ3n) is 5.21. The molecule has 8 heteroatoms. The first-order valence-electron chi connectivity index (χ1n) is 10.9. The number of nitrogens with one attached hydrogen (secondary N) is 1. The number of rotatable bonds is 6. The number of nitrogens with zero attached hydrogens (tertiary/aromatic N) is 2. The minimum Gasteiger partial charge on any atom is -0.506 e. The highest BCUT2D eigenvalue weighted by Gasteiger charge is 2.16. The Morgan fingerprint density at radius 3 is 2.57 bits per heavy atom. The van der Waals surface area contributed by atoms with E-state index in [9.17, 15) is 9.90 Å². The second-order valence-corrected chi connectivity index (χ2v) is 9.03. The number of hydrazone groups is 1. The summed E-state index contributed by atoms with van der Waals surface area (Å²) in [5.74, 6) is 0.136. The molecule has 0 fully saturated rings. The number of carbonyl (C=O) groups is 1. The molecule has 0 unspecified atom stereocenters. The Hall–Kier alpha value is -3.61. The van der Waals surface area contributed by atoms with Crippen LogP contribution in [-0.2, 0) is 0 Å². The highest BCUT2D eigenvalue weighted by atomic mass is 35.5. The van der Waals surface area contributed by atoms with Gasteiger partial charge in [-0.2, -0.15) is 5.10 Å². The molecule has 0 atom stereocenters. The van der Waals surface area contributed by atoms with E-state index < -0.39 is 5.91 Å². The Morgan fingerprint density at radius 1 is 1.03 bits per heavy atom. The van der Waals surface area contributed by atoms with Crippen LogP contribution in [0.3, 0.4) is 0 Å². The lowest BCUT2D eigenvalue weighted by Gasteiger charge is -2.12. The number of hydrogen-bond donors (Lipinski definition) is 2. The van der Waals surface area contributed by atoms with Gasteiger partial charge in [-0.3, -0.25) is 4.79 Å². The van der Waals surface area contributed by atoms with Gasteiger partial charge in [-0.15, -0.1) is 0 Å². The van der Waals surface area contributed by atoms with Gasteiger partial charge in [0.15, 0.2) is 0 Å². The van der Waals surface area contributed by atoms with Crippen molar-refractivity contribution >= 4 is 45.7 Å². The van der Waals surface area contributed by atoms with Crippen LogP contribution in [0.5, 0.6) is 11.5 Å². The zero-order valence-electron chi connectivity index (χ0n) is 19.3. The first-order chi connectivity index (χ1) is 16.7. The summed E-state index contributed by atoms with van der Waals surface area (Å²) in [4.78, 5) is 18.0. The first-order valence-corrected chi connectivity index (χ1v) is 11.7. The predicted octanol–water partition coefficient (Wildman–Crippen LogP) is 6.86. The topological polar surface area (TPSA) is 83.8 Å². The molecule has 1 amide bonds. The lowest BCUT2D eigenvalue weighted by atomic mass is 10.0. The van der Waals surface area contributed by atoms with Crippen molar-refractivity contribution in [2.24, 2.45) is 5.10 Å². The Bertz CT molecular complexity index is 1450. The Kier molecular flexibility index (Phi) is 7.24. The summed E-state index contributed by atoms with van der Waals surface area (Å²) in [6, 6.07) is 19.7. The quantitative estimate of drug-likeness (QED) is 0.220. The van der Waals surface area contributed by atoms with Gasteiger partial charge in [0.2, 0.25) is 0 Å². The van der Waals surface area contributed by atoms with Gasteiger partial charge in [-0.05, 0) is 57.2 Å². The fraction of sp³-hybridized carbons (Fsp3) is 0.148. The molecule has 0 aliphatic heterocycles. The molecule has 4 aromatic rings. The zero-order valence-corrected chi connectivity index (χ0v) is 20.9.